The van der Waals surface area contributed by atoms with Crippen molar-refractivity contribution in [3.63, 3.8) is 0 Å². The smallest absolute Gasteiger partial charge is 0.259 e. The third-order valence-corrected chi connectivity index (χ3v) is 8.75. The number of rotatable bonds is 3. The van der Waals surface area contributed by atoms with Crippen LogP contribution in [0.4, 0.5) is 0 Å². The monoisotopic (exact) mass is 347 g/mol. The van der Waals surface area contributed by atoms with Crippen molar-refractivity contribution >= 4 is 12.1 Å². The number of hydrogen-bond acceptors (Lipinski definition) is 4. The van der Waals surface area contributed by atoms with Crippen molar-refractivity contribution in [3.05, 3.63) is 0 Å². The number of Topliss-reactive ketones (excluding diaryl/α,β-unsaturated/α-hetero) is 1. The van der Waals surface area contributed by atoms with Gasteiger partial charge in [0.1, 0.15) is 5.78 Å². The topological polar surface area (TPSA) is 63.6 Å². The summed E-state index contributed by atoms with van der Waals surface area (Å²) >= 11 is 0. The Kier molecular flexibility index (Phi) is 4.35. The summed E-state index contributed by atoms with van der Waals surface area (Å²) in [4.78, 5) is 23.0. The third-order valence-electron chi connectivity index (χ3n) is 8.75. The second-order valence-electron chi connectivity index (χ2n) is 9.58. The zero-order valence-corrected chi connectivity index (χ0v) is 15.5. The summed E-state index contributed by atoms with van der Waals surface area (Å²) in [5.41, 5.74) is 0.278. The van der Waals surface area contributed by atoms with Crippen LogP contribution >= 0.6 is 0 Å². The molecule has 0 aromatic carbocycles. The molecule has 0 aromatic rings. The molecule has 0 heterocycles. The van der Waals surface area contributed by atoms with Gasteiger partial charge in [-0.3, -0.25) is 9.59 Å². The van der Waals surface area contributed by atoms with Gasteiger partial charge in [0.05, 0.1) is 6.10 Å². The zero-order valence-electron chi connectivity index (χ0n) is 15.5. The molecule has 0 aliphatic heterocycles. The van der Waals surface area contributed by atoms with Crippen LogP contribution in [0, 0.1) is 34.5 Å². The van der Waals surface area contributed by atoms with E-state index >= 15 is 0 Å². The van der Waals surface area contributed by atoms with Crippen LogP contribution in [0.15, 0.2) is 0 Å². The molecule has 4 nitrogen and oxygen atoms in total. The first-order valence-corrected chi connectivity index (χ1v) is 10.1. The summed E-state index contributed by atoms with van der Waals surface area (Å²) < 4.78 is 5.46. The predicted octanol–water partition coefficient (Wildman–Crippen LogP) is 3.41. The van der Waals surface area contributed by atoms with E-state index in [0.29, 0.717) is 29.0 Å². The van der Waals surface area contributed by atoms with Crippen LogP contribution in [0.25, 0.3) is 0 Å². The zero-order chi connectivity index (χ0) is 17.8. The minimum absolute atomic E-state index is 0.0204. The average molecular weight is 347 g/mol. The molecule has 1 N–H and O–H groups in total. The Morgan fingerprint density at radius 1 is 1.12 bits per heavy atom. The molecule has 139 valence electrons. The van der Waals surface area contributed by atoms with Gasteiger partial charge < -0.3 is 9.84 Å². The Labute approximate surface area is 150 Å². The molecule has 25 heavy (non-hydrogen) atoms. The number of fused-ring (bicyclic) bond motifs is 5. The molecule has 4 rings (SSSR count). The van der Waals surface area contributed by atoms with E-state index in [-0.39, 0.29) is 11.5 Å². The number of aliphatic hydroxyl groups is 1. The van der Waals surface area contributed by atoms with Crippen molar-refractivity contribution in [1.29, 1.82) is 0 Å². The number of ketones is 1. The van der Waals surface area contributed by atoms with E-state index < -0.39 is 6.29 Å². The van der Waals surface area contributed by atoms with Crippen molar-refractivity contribution in [2.24, 2.45) is 34.5 Å². The van der Waals surface area contributed by atoms with Crippen LogP contribution in [0.5, 0.6) is 0 Å². The number of carbonyl (C=O) groups excluding carboxylic acids is 2. The van der Waals surface area contributed by atoms with Gasteiger partial charge in [-0.05, 0) is 80.5 Å². The lowest BCUT2D eigenvalue weighted by Gasteiger charge is -2.60. The Bertz CT molecular complexity index is 560. The minimum Gasteiger partial charge on any atom is -0.362 e. The number of carbonyl (C=O) groups is 1. The van der Waals surface area contributed by atoms with Crippen molar-refractivity contribution < 1.29 is 19.4 Å². The molecule has 0 aromatic heterocycles. The molecule has 0 saturated heterocycles. The Morgan fingerprint density at radius 3 is 2.68 bits per heavy atom. The lowest BCUT2D eigenvalue weighted by Crippen LogP contribution is -2.54. The first-order valence-electron chi connectivity index (χ1n) is 10.1. The number of hydrogen-bond donors (Lipinski definition) is 1. The summed E-state index contributed by atoms with van der Waals surface area (Å²) in [6.07, 6.45) is 9.64. The van der Waals surface area contributed by atoms with Gasteiger partial charge in [0, 0.05) is 11.8 Å². The Morgan fingerprint density at radius 2 is 1.92 bits per heavy atom. The maximum atomic E-state index is 12.5. The van der Waals surface area contributed by atoms with Crippen LogP contribution in [0.3, 0.4) is 0 Å². The minimum atomic E-state index is -1.40. The predicted molar refractivity (Wildman–Crippen MR) is 93.3 cm³/mol. The summed E-state index contributed by atoms with van der Waals surface area (Å²) in [6.45, 7) is 4.70. The van der Waals surface area contributed by atoms with E-state index in [1.807, 2.05) is 0 Å². The van der Waals surface area contributed by atoms with Gasteiger partial charge in [-0.2, -0.15) is 0 Å². The van der Waals surface area contributed by atoms with Crippen molar-refractivity contribution in [3.8, 4) is 0 Å². The quantitative estimate of drug-likeness (QED) is 0.795. The third kappa shape index (κ3) is 2.63. The van der Waals surface area contributed by atoms with Crippen molar-refractivity contribution in [2.45, 2.75) is 84.0 Å². The van der Waals surface area contributed by atoms with Gasteiger partial charge in [0.2, 0.25) is 6.29 Å². The highest BCUT2D eigenvalue weighted by atomic mass is 16.6. The molecule has 0 bridgehead atoms. The molecular formula is C21H31O4. The SMILES string of the molecule is C[C@]12CC[C@H](OC(O)[C]=O)CC1CC[C@@H]1[C@@H]2CC[C@]2(C)C(=O)CC[C@@H]12. The molecule has 2 unspecified atom stereocenters. The first kappa shape index (κ1) is 17.7. The van der Waals surface area contributed by atoms with E-state index in [9.17, 15) is 14.7 Å². The van der Waals surface area contributed by atoms with Crippen molar-refractivity contribution in [2.75, 3.05) is 0 Å². The number of aliphatic hydroxyl groups excluding tert-OH is 1. The fourth-order valence-corrected chi connectivity index (χ4v) is 7.32. The standard InChI is InChI=1S/C21H31O4/c1-20-9-7-14(25-19(24)12-22)11-13(20)3-4-15-16-5-6-18(23)21(16,2)10-8-17(15)20/h13-17,19,24H,3-11H2,1-2H3/t13?,14-,15-,16-,17-,19?,20-,21-/m0/s1. The molecule has 0 amide bonds. The maximum absolute atomic E-state index is 12.5. The highest BCUT2D eigenvalue weighted by molar-refractivity contribution is 5.87. The molecule has 4 aliphatic rings. The Hall–Kier alpha value is -0.740. The summed E-state index contributed by atoms with van der Waals surface area (Å²) in [5.74, 6) is 3.14. The van der Waals surface area contributed by atoms with Gasteiger partial charge in [-0.25, -0.2) is 0 Å². The van der Waals surface area contributed by atoms with E-state index in [0.717, 1.165) is 44.4 Å². The highest BCUT2D eigenvalue weighted by Gasteiger charge is 2.60. The fourth-order valence-electron chi connectivity index (χ4n) is 7.32. The molecule has 4 saturated carbocycles. The maximum Gasteiger partial charge on any atom is 0.259 e. The van der Waals surface area contributed by atoms with E-state index in [2.05, 4.69) is 13.8 Å². The van der Waals surface area contributed by atoms with Gasteiger partial charge in [-0.15, -0.1) is 0 Å². The first-order chi connectivity index (χ1) is 11.9. The molecule has 0 spiro atoms. The second kappa shape index (κ2) is 6.16. The Balaban J connectivity index is 1.51. The fraction of sp³-hybridized carbons (Fsp3) is 0.905. The van der Waals surface area contributed by atoms with E-state index in [1.165, 1.54) is 25.5 Å². The van der Waals surface area contributed by atoms with Gasteiger partial charge in [-0.1, -0.05) is 13.8 Å². The molecular weight excluding hydrogens is 316 g/mol. The normalized spacial score (nSPS) is 50.5. The van der Waals surface area contributed by atoms with Crippen LogP contribution < -0.4 is 0 Å². The van der Waals surface area contributed by atoms with Crippen LogP contribution in [0.2, 0.25) is 0 Å². The second-order valence-corrected chi connectivity index (χ2v) is 9.58. The largest absolute Gasteiger partial charge is 0.362 e. The van der Waals surface area contributed by atoms with Gasteiger partial charge in [0.25, 0.3) is 6.29 Å². The summed E-state index contributed by atoms with van der Waals surface area (Å²) in [6, 6.07) is 0. The van der Waals surface area contributed by atoms with E-state index in [1.54, 1.807) is 0 Å². The van der Waals surface area contributed by atoms with E-state index in [4.69, 9.17) is 4.74 Å². The van der Waals surface area contributed by atoms with Gasteiger partial charge >= 0.3 is 0 Å². The van der Waals surface area contributed by atoms with Crippen LogP contribution in [0.1, 0.15) is 71.6 Å². The number of ether oxygens (including phenoxy) is 1. The molecule has 1 radical (unpaired) electrons. The lowest BCUT2D eigenvalue weighted by molar-refractivity contribution is -0.161. The average Bonchev–Trinajstić information content (AvgIpc) is 2.90. The van der Waals surface area contributed by atoms with Gasteiger partial charge in [0.15, 0.2) is 0 Å². The van der Waals surface area contributed by atoms with Crippen LogP contribution in [-0.2, 0) is 14.3 Å². The highest BCUT2D eigenvalue weighted by Crippen LogP contribution is 2.65. The molecule has 8 atom stereocenters. The molecule has 4 aliphatic carbocycles. The summed E-state index contributed by atoms with van der Waals surface area (Å²) in [7, 11) is 0. The molecule has 4 heteroatoms. The van der Waals surface area contributed by atoms with Crippen LogP contribution in [-0.4, -0.2) is 29.6 Å². The summed E-state index contributed by atoms with van der Waals surface area (Å²) in [5, 5.41) is 9.44. The van der Waals surface area contributed by atoms with Crippen molar-refractivity contribution in [1.82, 2.24) is 0 Å². The molecule has 4 fully saturated rings. The lowest BCUT2D eigenvalue weighted by atomic mass is 9.45.